The molecule has 1 unspecified atom stereocenters. The highest BCUT2D eigenvalue weighted by Gasteiger charge is 2.06. The van der Waals surface area contributed by atoms with Gasteiger partial charge in [0.1, 0.15) is 11.6 Å². The lowest BCUT2D eigenvalue weighted by Crippen LogP contribution is -2.18. The van der Waals surface area contributed by atoms with Crippen LogP contribution >= 0.6 is 15.9 Å². The first-order valence-corrected chi connectivity index (χ1v) is 6.78. The maximum atomic E-state index is 13.2. The quantitative estimate of drug-likeness (QED) is 0.867. The molecule has 19 heavy (non-hydrogen) atoms. The molecule has 2 rings (SSSR count). The molecule has 0 heterocycles. The molecule has 1 nitrogen and oxygen atoms in total. The zero-order valence-corrected chi connectivity index (χ0v) is 12.0. The molecule has 1 N–H and O–H groups in total. The highest BCUT2D eigenvalue weighted by Crippen LogP contribution is 2.17. The summed E-state index contributed by atoms with van der Waals surface area (Å²) in [6.07, 6.45) is 0. The summed E-state index contributed by atoms with van der Waals surface area (Å²) in [5.41, 5.74) is 1.71. The van der Waals surface area contributed by atoms with Gasteiger partial charge in [-0.3, -0.25) is 0 Å². The van der Waals surface area contributed by atoms with Crippen molar-refractivity contribution in [2.45, 2.75) is 19.5 Å². The molecule has 0 radical (unpaired) electrons. The van der Waals surface area contributed by atoms with E-state index in [4.69, 9.17) is 0 Å². The topological polar surface area (TPSA) is 12.0 Å². The Bertz CT molecular complexity index is 552. The Labute approximate surface area is 119 Å². The second-order valence-corrected chi connectivity index (χ2v) is 5.35. The Morgan fingerprint density at radius 3 is 2.58 bits per heavy atom. The predicted molar refractivity (Wildman–Crippen MR) is 75.8 cm³/mol. The second kappa shape index (κ2) is 6.26. The average Bonchev–Trinajstić information content (AvgIpc) is 2.35. The van der Waals surface area contributed by atoms with Crippen LogP contribution in [-0.4, -0.2) is 0 Å². The molecule has 1 atom stereocenters. The minimum atomic E-state index is -0.274. The van der Waals surface area contributed by atoms with Crippen LogP contribution in [0.15, 0.2) is 46.9 Å². The molecule has 0 saturated heterocycles. The molecular weight excluding hydrogens is 312 g/mol. The third kappa shape index (κ3) is 4.11. The Balaban J connectivity index is 2.02. The van der Waals surface area contributed by atoms with Gasteiger partial charge < -0.3 is 5.32 Å². The van der Waals surface area contributed by atoms with E-state index in [-0.39, 0.29) is 17.7 Å². The zero-order chi connectivity index (χ0) is 13.8. The Hall–Kier alpha value is -1.26. The van der Waals surface area contributed by atoms with Crippen LogP contribution in [0, 0.1) is 11.6 Å². The SMILES string of the molecule is CC(NCc1cc(F)cc(Br)c1)c1cccc(F)c1. The van der Waals surface area contributed by atoms with E-state index >= 15 is 0 Å². The first-order chi connectivity index (χ1) is 9.04. The molecule has 0 aromatic heterocycles. The van der Waals surface area contributed by atoms with E-state index in [9.17, 15) is 8.78 Å². The van der Waals surface area contributed by atoms with Gasteiger partial charge in [0.05, 0.1) is 0 Å². The summed E-state index contributed by atoms with van der Waals surface area (Å²) < 4.78 is 27.0. The van der Waals surface area contributed by atoms with E-state index in [2.05, 4.69) is 21.2 Å². The van der Waals surface area contributed by atoms with Gasteiger partial charge in [-0.1, -0.05) is 28.1 Å². The van der Waals surface area contributed by atoms with Crippen LogP contribution in [0.3, 0.4) is 0 Å². The average molecular weight is 326 g/mol. The molecule has 0 aliphatic rings. The van der Waals surface area contributed by atoms with Gasteiger partial charge in [-0.2, -0.15) is 0 Å². The lowest BCUT2D eigenvalue weighted by molar-refractivity contribution is 0.561. The summed E-state index contributed by atoms with van der Waals surface area (Å²) >= 11 is 3.26. The highest BCUT2D eigenvalue weighted by atomic mass is 79.9. The third-order valence-corrected chi connectivity index (χ3v) is 3.34. The van der Waals surface area contributed by atoms with E-state index in [1.54, 1.807) is 6.07 Å². The molecule has 0 bridgehead atoms. The lowest BCUT2D eigenvalue weighted by atomic mass is 10.1. The molecule has 0 aliphatic carbocycles. The fourth-order valence-corrected chi connectivity index (χ4v) is 2.39. The van der Waals surface area contributed by atoms with Crippen molar-refractivity contribution in [2.75, 3.05) is 0 Å². The summed E-state index contributed by atoms with van der Waals surface area (Å²) in [5, 5.41) is 3.24. The van der Waals surface area contributed by atoms with Crippen LogP contribution in [0.2, 0.25) is 0 Å². The van der Waals surface area contributed by atoms with E-state index in [1.165, 1.54) is 24.3 Å². The van der Waals surface area contributed by atoms with Crippen molar-refractivity contribution < 1.29 is 8.78 Å². The van der Waals surface area contributed by atoms with Gasteiger partial charge in [-0.05, 0) is 48.4 Å². The summed E-state index contributed by atoms with van der Waals surface area (Å²) in [5.74, 6) is -0.524. The van der Waals surface area contributed by atoms with Crippen molar-refractivity contribution in [3.8, 4) is 0 Å². The molecule has 4 heteroatoms. The molecule has 0 amide bonds. The van der Waals surface area contributed by atoms with Gasteiger partial charge in [-0.15, -0.1) is 0 Å². The van der Waals surface area contributed by atoms with Crippen LogP contribution < -0.4 is 5.32 Å². The maximum absolute atomic E-state index is 13.2. The summed E-state index contributed by atoms with van der Waals surface area (Å²) in [4.78, 5) is 0. The Morgan fingerprint density at radius 2 is 1.89 bits per heavy atom. The monoisotopic (exact) mass is 325 g/mol. The van der Waals surface area contributed by atoms with Crippen LogP contribution in [0.5, 0.6) is 0 Å². The number of rotatable bonds is 4. The largest absolute Gasteiger partial charge is 0.306 e. The second-order valence-electron chi connectivity index (χ2n) is 4.44. The summed E-state index contributed by atoms with van der Waals surface area (Å²) in [6.45, 7) is 2.47. The van der Waals surface area contributed by atoms with Crippen LogP contribution in [-0.2, 0) is 6.54 Å². The number of halogens is 3. The fourth-order valence-electron chi connectivity index (χ4n) is 1.88. The van der Waals surface area contributed by atoms with E-state index in [0.717, 1.165) is 11.1 Å². The fraction of sp³-hybridized carbons (Fsp3) is 0.200. The van der Waals surface area contributed by atoms with Crippen molar-refractivity contribution in [1.82, 2.24) is 5.32 Å². The van der Waals surface area contributed by atoms with Crippen molar-refractivity contribution in [1.29, 1.82) is 0 Å². The van der Waals surface area contributed by atoms with Crippen LogP contribution in [0.1, 0.15) is 24.1 Å². The van der Waals surface area contributed by atoms with Crippen molar-refractivity contribution in [2.24, 2.45) is 0 Å². The van der Waals surface area contributed by atoms with Gasteiger partial charge in [-0.25, -0.2) is 8.78 Å². The zero-order valence-electron chi connectivity index (χ0n) is 10.5. The van der Waals surface area contributed by atoms with Crippen LogP contribution in [0.4, 0.5) is 8.78 Å². The van der Waals surface area contributed by atoms with E-state index < -0.39 is 0 Å². The predicted octanol–water partition coefficient (Wildman–Crippen LogP) is 4.58. The van der Waals surface area contributed by atoms with Gasteiger partial charge in [0.25, 0.3) is 0 Å². The molecule has 0 spiro atoms. The van der Waals surface area contributed by atoms with Gasteiger partial charge >= 0.3 is 0 Å². The van der Waals surface area contributed by atoms with E-state index in [1.807, 2.05) is 19.1 Å². The third-order valence-electron chi connectivity index (χ3n) is 2.88. The molecule has 100 valence electrons. The standard InChI is InChI=1S/C15H14BrF2N/c1-10(12-3-2-4-14(17)7-12)19-9-11-5-13(16)8-15(18)6-11/h2-8,10,19H,9H2,1H3. The van der Waals surface area contributed by atoms with Crippen molar-refractivity contribution in [3.05, 3.63) is 69.7 Å². The van der Waals surface area contributed by atoms with Gasteiger partial charge in [0, 0.05) is 17.1 Å². The number of benzene rings is 2. The normalized spacial score (nSPS) is 12.4. The maximum Gasteiger partial charge on any atom is 0.124 e. The minimum Gasteiger partial charge on any atom is -0.306 e. The number of hydrogen-bond acceptors (Lipinski definition) is 1. The molecule has 0 fully saturated rings. The number of hydrogen-bond donors (Lipinski definition) is 1. The summed E-state index contributed by atoms with van der Waals surface area (Å²) in [6, 6.07) is 11.2. The van der Waals surface area contributed by atoms with Gasteiger partial charge in [0.2, 0.25) is 0 Å². The first kappa shape index (κ1) is 14.2. The molecule has 2 aromatic rings. The minimum absolute atomic E-state index is 0.00209. The molecular formula is C15H14BrF2N. The van der Waals surface area contributed by atoms with Crippen molar-refractivity contribution in [3.63, 3.8) is 0 Å². The highest BCUT2D eigenvalue weighted by molar-refractivity contribution is 9.10. The van der Waals surface area contributed by atoms with Crippen molar-refractivity contribution >= 4 is 15.9 Å². The van der Waals surface area contributed by atoms with E-state index in [0.29, 0.717) is 11.0 Å². The lowest BCUT2D eigenvalue weighted by Gasteiger charge is -2.14. The molecule has 0 aliphatic heterocycles. The number of nitrogens with one attached hydrogen (secondary N) is 1. The smallest absolute Gasteiger partial charge is 0.124 e. The van der Waals surface area contributed by atoms with Crippen LogP contribution in [0.25, 0.3) is 0 Å². The summed E-state index contributed by atoms with van der Waals surface area (Å²) in [7, 11) is 0. The first-order valence-electron chi connectivity index (χ1n) is 5.98. The molecule has 2 aromatic carbocycles. The Kier molecular flexibility index (Phi) is 4.66. The molecule has 0 saturated carbocycles. The Morgan fingerprint density at radius 1 is 1.11 bits per heavy atom. The van der Waals surface area contributed by atoms with Gasteiger partial charge in [0.15, 0.2) is 0 Å².